The number of rotatable bonds is 4. The normalized spacial score (nSPS) is 10.3. The van der Waals surface area contributed by atoms with Crippen LogP contribution < -0.4 is 5.73 Å². The number of nitrogens with two attached hydrogens (primary N) is 1. The molecule has 0 radical (unpaired) electrons. The molecule has 0 fully saturated rings. The first-order valence-corrected chi connectivity index (χ1v) is 5.12. The number of para-hydroxylation sites is 1. The topological polar surface area (TPSA) is 52.3 Å². The number of aryl methyl sites for hydroxylation is 1. The molecule has 0 amide bonds. The number of carbonyl (C=O) groups is 1. The third-order valence-electron chi connectivity index (χ3n) is 2.02. The summed E-state index contributed by atoms with van der Waals surface area (Å²) in [4.78, 5) is 11.3. The molecule has 0 aromatic heterocycles. The van der Waals surface area contributed by atoms with Crippen LogP contribution in [0.5, 0.6) is 0 Å². The molecule has 2 N–H and O–H groups in total. The van der Waals surface area contributed by atoms with Crippen molar-refractivity contribution >= 4 is 11.7 Å². The van der Waals surface area contributed by atoms with Crippen molar-refractivity contribution in [3.05, 3.63) is 29.8 Å². The molecular formula is C12H17NO2. The van der Waals surface area contributed by atoms with Gasteiger partial charge in [-0.1, -0.05) is 18.2 Å². The van der Waals surface area contributed by atoms with E-state index >= 15 is 0 Å². The van der Waals surface area contributed by atoms with Gasteiger partial charge in [0, 0.05) is 12.1 Å². The lowest BCUT2D eigenvalue weighted by molar-refractivity contribution is -0.147. The second-order valence-corrected chi connectivity index (χ2v) is 3.74. The van der Waals surface area contributed by atoms with Crippen molar-refractivity contribution in [1.82, 2.24) is 0 Å². The Morgan fingerprint density at radius 3 is 2.67 bits per heavy atom. The summed E-state index contributed by atoms with van der Waals surface area (Å²) in [7, 11) is 0. The van der Waals surface area contributed by atoms with Crippen LogP contribution >= 0.6 is 0 Å². The summed E-state index contributed by atoms with van der Waals surface area (Å²) >= 11 is 0. The predicted octanol–water partition coefficient (Wildman–Crippen LogP) is 2.15. The summed E-state index contributed by atoms with van der Waals surface area (Å²) in [5, 5.41) is 0. The van der Waals surface area contributed by atoms with Crippen molar-refractivity contribution in [1.29, 1.82) is 0 Å². The SMILES string of the molecule is CC(C)OC(=O)CCc1ccccc1N. The van der Waals surface area contributed by atoms with Crippen molar-refractivity contribution < 1.29 is 9.53 Å². The van der Waals surface area contributed by atoms with Gasteiger partial charge in [0.1, 0.15) is 0 Å². The molecule has 3 heteroatoms. The van der Waals surface area contributed by atoms with E-state index < -0.39 is 0 Å². The smallest absolute Gasteiger partial charge is 0.306 e. The molecule has 0 unspecified atom stereocenters. The molecule has 3 nitrogen and oxygen atoms in total. The number of anilines is 1. The standard InChI is InChI=1S/C12H17NO2/c1-9(2)15-12(14)8-7-10-5-3-4-6-11(10)13/h3-6,9H,7-8,13H2,1-2H3. The van der Waals surface area contributed by atoms with Gasteiger partial charge >= 0.3 is 5.97 Å². The van der Waals surface area contributed by atoms with Crippen LogP contribution in [0.15, 0.2) is 24.3 Å². The quantitative estimate of drug-likeness (QED) is 0.608. The monoisotopic (exact) mass is 207 g/mol. The maximum absolute atomic E-state index is 11.3. The molecule has 0 spiro atoms. The van der Waals surface area contributed by atoms with Gasteiger partial charge in [0.05, 0.1) is 6.10 Å². The zero-order valence-corrected chi connectivity index (χ0v) is 9.19. The molecule has 0 atom stereocenters. The van der Waals surface area contributed by atoms with Gasteiger partial charge in [-0.25, -0.2) is 0 Å². The third kappa shape index (κ3) is 4.02. The summed E-state index contributed by atoms with van der Waals surface area (Å²) in [6.07, 6.45) is 0.968. The van der Waals surface area contributed by atoms with Crippen molar-refractivity contribution in [2.45, 2.75) is 32.8 Å². The number of ether oxygens (including phenoxy) is 1. The molecule has 15 heavy (non-hydrogen) atoms. The number of hydrogen-bond donors (Lipinski definition) is 1. The molecule has 0 bridgehead atoms. The molecule has 82 valence electrons. The minimum atomic E-state index is -0.173. The number of hydrogen-bond acceptors (Lipinski definition) is 3. The van der Waals surface area contributed by atoms with Crippen molar-refractivity contribution in [3.63, 3.8) is 0 Å². The Labute approximate surface area is 90.2 Å². The van der Waals surface area contributed by atoms with Gasteiger partial charge in [0.2, 0.25) is 0 Å². The Balaban J connectivity index is 2.44. The summed E-state index contributed by atoms with van der Waals surface area (Å²) in [6, 6.07) is 7.56. The molecular weight excluding hydrogens is 190 g/mol. The molecule has 0 aliphatic carbocycles. The van der Waals surface area contributed by atoms with Crippen LogP contribution in [0.4, 0.5) is 5.69 Å². The van der Waals surface area contributed by atoms with E-state index in [1.807, 2.05) is 38.1 Å². The van der Waals surface area contributed by atoms with Crippen LogP contribution in [0, 0.1) is 0 Å². The van der Waals surface area contributed by atoms with Crippen LogP contribution in [0.25, 0.3) is 0 Å². The molecule has 0 heterocycles. The Bertz CT molecular complexity index is 334. The average Bonchev–Trinajstić information content (AvgIpc) is 2.15. The van der Waals surface area contributed by atoms with E-state index in [9.17, 15) is 4.79 Å². The number of nitrogen functional groups attached to an aromatic ring is 1. The first-order valence-electron chi connectivity index (χ1n) is 5.12. The predicted molar refractivity (Wildman–Crippen MR) is 60.4 cm³/mol. The Morgan fingerprint density at radius 2 is 2.07 bits per heavy atom. The summed E-state index contributed by atoms with van der Waals surface area (Å²) < 4.78 is 5.03. The van der Waals surface area contributed by atoms with Gasteiger partial charge in [0.25, 0.3) is 0 Å². The molecule has 1 aromatic carbocycles. The van der Waals surface area contributed by atoms with E-state index in [4.69, 9.17) is 10.5 Å². The van der Waals surface area contributed by atoms with E-state index in [1.165, 1.54) is 0 Å². The van der Waals surface area contributed by atoms with Gasteiger partial charge in [0.15, 0.2) is 0 Å². The fourth-order valence-electron chi connectivity index (χ4n) is 1.32. The van der Waals surface area contributed by atoms with Crippen LogP contribution in [0.3, 0.4) is 0 Å². The second kappa shape index (κ2) is 5.39. The Hall–Kier alpha value is -1.51. The van der Waals surface area contributed by atoms with E-state index in [-0.39, 0.29) is 12.1 Å². The summed E-state index contributed by atoms with van der Waals surface area (Å²) in [5.74, 6) is -0.173. The molecule has 1 rings (SSSR count). The van der Waals surface area contributed by atoms with Gasteiger partial charge < -0.3 is 10.5 Å². The highest BCUT2D eigenvalue weighted by Crippen LogP contribution is 2.13. The van der Waals surface area contributed by atoms with Crippen LogP contribution in [-0.4, -0.2) is 12.1 Å². The lowest BCUT2D eigenvalue weighted by Crippen LogP contribution is -2.12. The van der Waals surface area contributed by atoms with Crippen molar-refractivity contribution in [3.8, 4) is 0 Å². The average molecular weight is 207 g/mol. The zero-order valence-electron chi connectivity index (χ0n) is 9.19. The van der Waals surface area contributed by atoms with Crippen LogP contribution in [0.1, 0.15) is 25.8 Å². The first-order chi connectivity index (χ1) is 7.09. The maximum atomic E-state index is 11.3. The highest BCUT2D eigenvalue weighted by atomic mass is 16.5. The first kappa shape index (κ1) is 11.6. The molecule has 0 aliphatic heterocycles. The number of esters is 1. The second-order valence-electron chi connectivity index (χ2n) is 3.74. The fourth-order valence-corrected chi connectivity index (χ4v) is 1.32. The van der Waals surface area contributed by atoms with Crippen LogP contribution in [0.2, 0.25) is 0 Å². The molecule has 0 aliphatic rings. The minimum Gasteiger partial charge on any atom is -0.463 e. The van der Waals surface area contributed by atoms with Gasteiger partial charge in [-0.3, -0.25) is 4.79 Å². The highest BCUT2D eigenvalue weighted by Gasteiger charge is 2.06. The molecule has 0 saturated heterocycles. The maximum Gasteiger partial charge on any atom is 0.306 e. The largest absolute Gasteiger partial charge is 0.463 e. The minimum absolute atomic E-state index is 0.0504. The van der Waals surface area contributed by atoms with Crippen molar-refractivity contribution in [2.24, 2.45) is 0 Å². The third-order valence-corrected chi connectivity index (χ3v) is 2.02. The molecule has 0 saturated carbocycles. The lowest BCUT2D eigenvalue weighted by atomic mass is 10.1. The van der Waals surface area contributed by atoms with Gasteiger partial charge in [-0.05, 0) is 31.9 Å². The fraction of sp³-hybridized carbons (Fsp3) is 0.417. The number of benzene rings is 1. The summed E-state index contributed by atoms with van der Waals surface area (Å²) in [6.45, 7) is 3.68. The van der Waals surface area contributed by atoms with E-state index in [1.54, 1.807) is 0 Å². The van der Waals surface area contributed by atoms with Crippen molar-refractivity contribution in [2.75, 3.05) is 5.73 Å². The zero-order chi connectivity index (χ0) is 11.3. The lowest BCUT2D eigenvalue weighted by Gasteiger charge is -2.08. The van der Waals surface area contributed by atoms with Gasteiger partial charge in [-0.15, -0.1) is 0 Å². The summed E-state index contributed by atoms with van der Waals surface area (Å²) in [5.41, 5.74) is 7.49. The van der Waals surface area contributed by atoms with Gasteiger partial charge in [-0.2, -0.15) is 0 Å². The highest BCUT2D eigenvalue weighted by molar-refractivity contribution is 5.70. The molecule has 1 aromatic rings. The van der Waals surface area contributed by atoms with E-state index in [0.717, 1.165) is 11.3 Å². The van der Waals surface area contributed by atoms with E-state index in [0.29, 0.717) is 12.8 Å². The van der Waals surface area contributed by atoms with Crippen LogP contribution in [-0.2, 0) is 16.0 Å². The number of carbonyl (C=O) groups excluding carboxylic acids is 1. The Kier molecular flexibility index (Phi) is 4.16. The van der Waals surface area contributed by atoms with E-state index in [2.05, 4.69) is 0 Å². The Morgan fingerprint density at radius 1 is 1.40 bits per heavy atom.